The molecule has 0 saturated heterocycles. The Morgan fingerprint density at radius 2 is 2.13 bits per heavy atom. The van der Waals surface area contributed by atoms with Gasteiger partial charge in [0.25, 0.3) is 5.91 Å². The number of nitrogens with one attached hydrogen (secondary N) is 1. The second-order valence-electron chi connectivity index (χ2n) is 4.87. The highest BCUT2D eigenvalue weighted by Crippen LogP contribution is 2.21. The topological polar surface area (TPSA) is 73.9 Å². The third-order valence-electron chi connectivity index (χ3n) is 3.16. The first-order valence-electron chi connectivity index (χ1n) is 6.86. The van der Waals surface area contributed by atoms with E-state index in [9.17, 15) is 9.90 Å². The molecule has 0 aliphatic heterocycles. The number of amides is 1. The largest absolute Gasteiger partial charge is 0.507 e. The van der Waals surface area contributed by atoms with Gasteiger partial charge in [-0.25, -0.2) is 10.0 Å². The summed E-state index contributed by atoms with van der Waals surface area (Å²) in [5.41, 5.74) is 4.17. The summed E-state index contributed by atoms with van der Waals surface area (Å²) in [6.45, 7) is 3.77. The summed E-state index contributed by atoms with van der Waals surface area (Å²) in [4.78, 5) is 12.0. The molecule has 0 aliphatic rings. The van der Waals surface area contributed by atoms with Crippen LogP contribution in [0.3, 0.4) is 0 Å². The minimum atomic E-state index is -0.349. The van der Waals surface area contributed by atoms with E-state index >= 15 is 0 Å². The average molecular weight is 312 g/mol. The van der Waals surface area contributed by atoms with E-state index in [1.807, 2.05) is 6.07 Å². The third-order valence-corrected chi connectivity index (χ3v) is 3.16. The monoisotopic (exact) mass is 312 g/mol. The number of hydrogen-bond donors (Lipinski definition) is 2. The van der Waals surface area contributed by atoms with E-state index in [2.05, 4.69) is 17.2 Å². The Hall–Kier alpha value is -3.15. The lowest BCUT2D eigenvalue weighted by Gasteiger charge is -2.03. The van der Waals surface area contributed by atoms with Crippen molar-refractivity contribution in [2.45, 2.75) is 0 Å². The summed E-state index contributed by atoms with van der Waals surface area (Å²) in [6, 6.07) is 11.8. The van der Waals surface area contributed by atoms with Gasteiger partial charge in [-0.3, -0.25) is 4.79 Å². The fraction of sp³-hybridized carbons (Fsp3) is 0.118. The van der Waals surface area contributed by atoms with Gasteiger partial charge in [0, 0.05) is 29.3 Å². The maximum Gasteiger partial charge on any atom is 0.271 e. The number of nitrogens with zero attached hydrogens (tertiary/aromatic N) is 2. The first-order valence-corrected chi connectivity index (χ1v) is 6.86. The second-order valence-corrected chi connectivity index (χ2v) is 4.87. The van der Waals surface area contributed by atoms with Gasteiger partial charge in [-0.1, -0.05) is 6.07 Å². The van der Waals surface area contributed by atoms with E-state index in [0.717, 1.165) is 5.69 Å². The zero-order valence-electron chi connectivity index (χ0n) is 13.0. The summed E-state index contributed by atoms with van der Waals surface area (Å²) < 4.78 is 6.66. The molecule has 0 atom stereocenters. The minimum absolute atomic E-state index is 0.0167. The Balaban J connectivity index is 2.07. The molecule has 0 unspecified atom stereocenters. The number of phenolic OH excluding ortho intramolecular Hbond substituents is 1. The number of rotatable bonds is 5. The molecule has 0 bridgehead atoms. The van der Waals surface area contributed by atoms with Crippen molar-refractivity contribution in [1.82, 2.24) is 5.43 Å². The number of hydrogen-bond acceptors (Lipinski definition) is 4. The molecule has 0 aliphatic carbocycles. The van der Waals surface area contributed by atoms with Crippen molar-refractivity contribution < 1.29 is 19.2 Å². The Morgan fingerprint density at radius 1 is 1.35 bits per heavy atom. The highest BCUT2D eigenvalue weighted by molar-refractivity contribution is 5.95. The highest BCUT2D eigenvalue weighted by Gasteiger charge is 2.08. The molecule has 0 saturated carbocycles. The standard InChI is InChI=1S/C17H17N3O3/c1-20(2)14-6-4-5-12(9-14)17(22)19-18-11-13-7-8-15(23-3)10-16(13)21/h4-11H,1H2,2-3H3,(H-,18,19,21,22)/p+1. The van der Waals surface area contributed by atoms with Gasteiger partial charge in [0.05, 0.1) is 13.3 Å². The predicted octanol–water partition coefficient (Wildman–Crippen LogP) is 2.14. The van der Waals surface area contributed by atoms with Crippen molar-refractivity contribution in [3.8, 4) is 11.5 Å². The number of methoxy groups -OCH3 is 1. The lowest BCUT2D eigenvalue weighted by molar-refractivity contribution is -0.394. The van der Waals surface area contributed by atoms with Crippen LogP contribution in [0.15, 0.2) is 47.6 Å². The lowest BCUT2D eigenvalue weighted by atomic mass is 10.2. The molecular formula is C17H18N3O3+. The fourth-order valence-electron chi connectivity index (χ4n) is 1.87. The molecule has 2 aromatic rings. The lowest BCUT2D eigenvalue weighted by Crippen LogP contribution is -2.17. The summed E-state index contributed by atoms with van der Waals surface area (Å²) in [6.07, 6.45) is 1.37. The average Bonchev–Trinajstić information content (AvgIpc) is 2.56. The SMILES string of the molecule is C=[N+](C)c1cccc(C(=O)N/N=C/c2ccc(OC)cc2O)c1. The van der Waals surface area contributed by atoms with Crippen molar-refractivity contribution in [3.63, 3.8) is 0 Å². The molecule has 1 amide bonds. The maximum absolute atomic E-state index is 12.0. The Morgan fingerprint density at radius 3 is 2.78 bits per heavy atom. The van der Waals surface area contributed by atoms with Crippen molar-refractivity contribution in [2.24, 2.45) is 5.10 Å². The van der Waals surface area contributed by atoms with Gasteiger partial charge in [0.1, 0.15) is 25.3 Å². The molecule has 6 heteroatoms. The molecule has 2 N–H and O–H groups in total. The number of carbonyl (C=O) groups is 1. The van der Waals surface area contributed by atoms with Crippen molar-refractivity contribution >= 4 is 24.5 Å². The molecule has 0 aromatic heterocycles. The minimum Gasteiger partial charge on any atom is -0.507 e. The Bertz CT molecular complexity index is 769. The van der Waals surface area contributed by atoms with Gasteiger partial charge in [-0.15, -0.1) is 0 Å². The van der Waals surface area contributed by atoms with E-state index in [-0.39, 0.29) is 11.7 Å². The first kappa shape index (κ1) is 16.2. The summed E-state index contributed by atoms with van der Waals surface area (Å²) >= 11 is 0. The predicted molar refractivity (Wildman–Crippen MR) is 89.1 cm³/mol. The second kappa shape index (κ2) is 7.22. The number of benzene rings is 2. The van der Waals surface area contributed by atoms with Crippen molar-refractivity contribution in [1.29, 1.82) is 0 Å². The summed E-state index contributed by atoms with van der Waals surface area (Å²) in [7, 11) is 3.31. The number of hydrazone groups is 1. The van der Waals surface area contributed by atoms with E-state index in [1.165, 1.54) is 19.4 Å². The van der Waals surface area contributed by atoms with Crippen LogP contribution in [0.1, 0.15) is 15.9 Å². The Kier molecular flexibility index (Phi) is 5.09. The molecule has 2 aromatic carbocycles. The quantitative estimate of drug-likeness (QED) is 0.505. The van der Waals surface area contributed by atoms with Crippen LogP contribution < -0.4 is 10.2 Å². The molecule has 118 valence electrons. The molecule has 23 heavy (non-hydrogen) atoms. The van der Waals surface area contributed by atoms with Crippen molar-refractivity contribution in [2.75, 3.05) is 14.2 Å². The van der Waals surface area contributed by atoms with E-state index in [1.54, 1.807) is 42.0 Å². The molecule has 0 heterocycles. The van der Waals surface area contributed by atoms with E-state index < -0.39 is 0 Å². The summed E-state index contributed by atoms with van der Waals surface area (Å²) in [5.74, 6) is 0.207. The maximum atomic E-state index is 12.0. The van der Waals surface area contributed by atoms with Gasteiger partial charge in [-0.05, 0) is 18.2 Å². The van der Waals surface area contributed by atoms with Gasteiger partial charge in [-0.2, -0.15) is 5.10 Å². The van der Waals surface area contributed by atoms with Crippen LogP contribution in [0.25, 0.3) is 0 Å². The fourth-order valence-corrected chi connectivity index (χ4v) is 1.87. The van der Waals surface area contributed by atoms with Crippen LogP contribution in [0.4, 0.5) is 5.69 Å². The zero-order valence-corrected chi connectivity index (χ0v) is 13.0. The molecule has 0 radical (unpaired) electrons. The van der Waals surface area contributed by atoms with Crippen LogP contribution in [-0.4, -0.2) is 42.7 Å². The van der Waals surface area contributed by atoms with Crippen LogP contribution in [0.5, 0.6) is 11.5 Å². The molecular weight excluding hydrogens is 294 g/mol. The van der Waals surface area contributed by atoms with Crippen molar-refractivity contribution in [3.05, 3.63) is 53.6 Å². The van der Waals surface area contributed by atoms with E-state index in [4.69, 9.17) is 4.74 Å². The molecule has 2 rings (SSSR count). The zero-order chi connectivity index (χ0) is 16.8. The molecule has 0 spiro atoms. The van der Waals surface area contributed by atoms with Gasteiger partial charge in [0.15, 0.2) is 0 Å². The molecule has 6 nitrogen and oxygen atoms in total. The van der Waals surface area contributed by atoms with Crippen LogP contribution in [0.2, 0.25) is 0 Å². The van der Waals surface area contributed by atoms with Gasteiger partial charge in [0.2, 0.25) is 5.69 Å². The number of carbonyl (C=O) groups excluding carboxylic acids is 1. The normalized spacial score (nSPS) is 10.5. The van der Waals surface area contributed by atoms with E-state index in [0.29, 0.717) is 16.9 Å². The third kappa shape index (κ3) is 4.16. The summed E-state index contributed by atoms with van der Waals surface area (Å²) in [5, 5.41) is 13.7. The number of phenols is 1. The highest BCUT2D eigenvalue weighted by atomic mass is 16.5. The van der Waals surface area contributed by atoms with Gasteiger partial charge >= 0.3 is 0 Å². The van der Waals surface area contributed by atoms with Crippen LogP contribution in [0, 0.1) is 0 Å². The Labute approximate surface area is 134 Å². The molecule has 0 fully saturated rings. The first-order chi connectivity index (χ1) is 11.0. The smallest absolute Gasteiger partial charge is 0.271 e. The van der Waals surface area contributed by atoms with Crippen LogP contribution in [-0.2, 0) is 0 Å². The number of aromatic hydroxyl groups is 1. The number of ether oxygens (including phenoxy) is 1. The van der Waals surface area contributed by atoms with Crippen LogP contribution >= 0.6 is 0 Å². The van der Waals surface area contributed by atoms with Gasteiger partial charge < -0.3 is 9.84 Å².